The van der Waals surface area contributed by atoms with Crippen LogP contribution in [0, 0.1) is 11.8 Å². The number of rotatable bonds is 9. The Bertz CT molecular complexity index is 762. The number of carboxylic acids is 1. The Morgan fingerprint density at radius 2 is 1.81 bits per heavy atom. The minimum absolute atomic E-state index is 0.197. The molecule has 1 aromatic carbocycles. The Labute approximate surface area is 155 Å². The van der Waals surface area contributed by atoms with E-state index < -0.39 is 12.0 Å². The fourth-order valence-corrected chi connectivity index (χ4v) is 3.14. The number of aliphatic carboxylic acids is 1. The zero-order valence-corrected chi connectivity index (χ0v) is 16.2. The van der Waals surface area contributed by atoms with Crippen LogP contribution in [-0.2, 0) is 22.6 Å². The second-order valence-corrected chi connectivity index (χ2v) is 7.81. The van der Waals surface area contributed by atoms with Crippen LogP contribution in [-0.4, -0.2) is 27.6 Å². The fraction of sp³-hybridized carbons (Fsp3) is 0.524. The van der Waals surface area contributed by atoms with Crippen molar-refractivity contribution in [1.82, 2.24) is 9.88 Å². The van der Waals surface area contributed by atoms with Gasteiger partial charge in [0, 0.05) is 36.5 Å². The van der Waals surface area contributed by atoms with Gasteiger partial charge < -0.3 is 15.0 Å². The monoisotopic (exact) mass is 358 g/mol. The summed E-state index contributed by atoms with van der Waals surface area (Å²) in [6.45, 7) is 9.28. The Balaban J connectivity index is 2.20. The van der Waals surface area contributed by atoms with E-state index in [-0.39, 0.29) is 12.3 Å². The van der Waals surface area contributed by atoms with Gasteiger partial charge in [0.25, 0.3) is 0 Å². The molecule has 26 heavy (non-hydrogen) atoms. The van der Waals surface area contributed by atoms with Crippen LogP contribution in [0.4, 0.5) is 0 Å². The molecule has 0 bridgehead atoms. The summed E-state index contributed by atoms with van der Waals surface area (Å²) in [6, 6.07) is 7.11. The number of benzene rings is 1. The van der Waals surface area contributed by atoms with Gasteiger partial charge in [0.15, 0.2) is 0 Å². The summed E-state index contributed by atoms with van der Waals surface area (Å²) >= 11 is 0. The van der Waals surface area contributed by atoms with Crippen LogP contribution in [0.1, 0.15) is 46.1 Å². The highest BCUT2D eigenvalue weighted by Gasteiger charge is 2.22. The van der Waals surface area contributed by atoms with Crippen molar-refractivity contribution in [3.8, 4) is 0 Å². The van der Waals surface area contributed by atoms with Gasteiger partial charge in [-0.25, -0.2) is 4.79 Å². The molecule has 1 amide bonds. The molecule has 1 unspecified atom stereocenters. The van der Waals surface area contributed by atoms with E-state index in [1.54, 1.807) is 0 Å². The standard InChI is InChI=1S/C21H30N2O3/c1-14(2)9-10-20(24)22-18(21(25)26)11-16-13-23(12-15(3)4)19-8-6-5-7-17(16)19/h5-8,13-15,18H,9-12H2,1-4H3,(H,22,24)(H,25,26). The van der Waals surface area contributed by atoms with E-state index in [1.807, 2.05) is 38.2 Å². The first-order chi connectivity index (χ1) is 12.3. The molecular formula is C21H30N2O3. The Morgan fingerprint density at radius 3 is 2.42 bits per heavy atom. The lowest BCUT2D eigenvalue weighted by atomic mass is 10.0. The Hall–Kier alpha value is -2.30. The molecule has 0 aliphatic carbocycles. The van der Waals surface area contributed by atoms with Gasteiger partial charge in [-0.05, 0) is 29.9 Å². The van der Waals surface area contributed by atoms with E-state index >= 15 is 0 Å². The summed E-state index contributed by atoms with van der Waals surface area (Å²) in [7, 11) is 0. The lowest BCUT2D eigenvalue weighted by Crippen LogP contribution is -2.42. The smallest absolute Gasteiger partial charge is 0.326 e. The number of hydrogen-bond acceptors (Lipinski definition) is 2. The summed E-state index contributed by atoms with van der Waals surface area (Å²) in [4.78, 5) is 23.8. The number of aromatic nitrogens is 1. The number of carboxylic acid groups (broad SMARTS) is 1. The maximum Gasteiger partial charge on any atom is 0.326 e. The highest BCUT2D eigenvalue weighted by molar-refractivity contribution is 5.87. The van der Waals surface area contributed by atoms with Crippen molar-refractivity contribution in [2.24, 2.45) is 11.8 Å². The van der Waals surface area contributed by atoms with Gasteiger partial charge in [0.1, 0.15) is 6.04 Å². The summed E-state index contributed by atoms with van der Waals surface area (Å²) in [5, 5.41) is 13.3. The molecule has 2 rings (SSSR count). The average Bonchev–Trinajstić information content (AvgIpc) is 2.89. The van der Waals surface area contributed by atoms with Gasteiger partial charge in [0.2, 0.25) is 5.91 Å². The van der Waals surface area contributed by atoms with E-state index in [1.165, 1.54) is 0 Å². The summed E-state index contributed by atoms with van der Waals surface area (Å²) < 4.78 is 2.18. The minimum atomic E-state index is -0.997. The van der Waals surface area contributed by atoms with Crippen molar-refractivity contribution in [2.75, 3.05) is 0 Å². The van der Waals surface area contributed by atoms with E-state index in [2.05, 4.69) is 29.8 Å². The normalized spacial score (nSPS) is 12.7. The van der Waals surface area contributed by atoms with E-state index in [9.17, 15) is 14.7 Å². The molecule has 5 nitrogen and oxygen atoms in total. The molecule has 2 N–H and O–H groups in total. The first kappa shape index (κ1) is 20.0. The maximum atomic E-state index is 12.1. The van der Waals surface area contributed by atoms with Crippen LogP contribution in [0.5, 0.6) is 0 Å². The van der Waals surface area contributed by atoms with Crippen molar-refractivity contribution in [3.63, 3.8) is 0 Å². The van der Waals surface area contributed by atoms with Crippen LogP contribution in [0.3, 0.4) is 0 Å². The molecule has 0 aliphatic heterocycles. The largest absolute Gasteiger partial charge is 0.480 e. The first-order valence-electron chi connectivity index (χ1n) is 9.36. The molecule has 0 radical (unpaired) electrons. The Morgan fingerprint density at radius 1 is 1.12 bits per heavy atom. The number of nitrogens with one attached hydrogen (secondary N) is 1. The number of amides is 1. The summed E-state index contributed by atoms with van der Waals surface area (Å²) in [5.74, 6) is -0.289. The van der Waals surface area contributed by atoms with Gasteiger partial charge in [0.05, 0.1) is 0 Å². The summed E-state index contributed by atoms with van der Waals surface area (Å²) in [6.07, 6.45) is 3.43. The molecule has 0 aliphatic rings. The third-order valence-electron chi connectivity index (χ3n) is 4.44. The molecule has 1 heterocycles. The molecule has 0 spiro atoms. The molecule has 1 aromatic heterocycles. The number of carbonyl (C=O) groups is 2. The van der Waals surface area contributed by atoms with Gasteiger partial charge in [-0.1, -0.05) is 45.9 Å². The van der Waals surface area contributed by atoms with Gasteiger partial charge in [-0.2, -0.15) is 0 Å². The minimum Gasteiger partial charge on any atom is -0.480 e. The van der Waals surface area contributed by atoms with E-state index in [0.29, 0.717) is 18.3 Å². The SMILES string of the molecule is CC(C)CCC(=O)NC(Cc1cn(CC(C)C)c2ccccc12)C(=O)O. The maximum absolute atomic E-state index is 12.1. The van der Waals surface area contributed by atoms with Crippen molar-refractivity contribution >= 4 is 22.8 Å². The molecule has 0 saturated heterocycles. The van der Waals surface area contributed by atoms with E-state index in [4.69, 9.17) is 0 Å². The van der Waals surface area contributed by atoms with E-state index in [0.717, 1.165) is 29.4 Å². The lowest BCUT2D eigenvalue weighted by Gasteiger charge is -2.15. The number of para-hydroxylation sites is 1. The second kappa shape index (κ2) is 8.88. The molecule has 1 atom stereocenters. The van der Waals surface area contributed by atoms with Crippen LogP contribution in [0.15, 0.2) is 30.5 Å². The molecule has 5 heteroatoms. The number of fused-ring (bicyclic) bond motifs is 1. The number of nitrogens with zero attached hydrogens (tertiary/aromatic N) is 1. The molecular weight excluding hydrogens is 328 g/mol. The third-order valence-corrected chi connectivity index (χ3v) is 4.44. The van der Waals surface area contributed by atoms with Crippen LogP contribution >= 0.6 is 0 Å². The number of hydrogen-bond donors (Lipinski definition) is 2. The zero-order chi connectivity index (χ0) is 19.3. The average molecular weight is 358 g/mol. The summed E-state index contributed by atoms with van der Waals surface area (Å²) in [5.41, 5.74) is 2.06. The third kappa shape index (κ3) is 5.35. The quantitative estimate of drug-likeness (QED) is 0.715. The number of carbonyl (C=O) groups excluding carboxylic acids is 1. The van der Waals surface area contributed by atoms with Crippen LogP contribution in [0.2, 0.25) is 0 Å². The lowest BCUT2D eigenvalue weighted by molar-refractivity contribution is -0.141. The Kier molecular flexibility index (Phi) is 6.83. The highest BCUT2D eigenvalue weighted by atomic mass is 16.4. The predicted octanol–water partition coefficient (Wildman–Crippen LogP) is 3.85. The second-order valence-electron chi connectivity index (χ2n) is 7.81. The van der Waals surface area contributed by atoms with Crippen molar-refractivity contribution in [2.45, 2.75) is 59.5 Å². The molecule has 2 aromatic rings. The van der Waals surface area contributed by atoms with Crippen molar-refractivity contribution < 1.29 is 14.7 Å². The fourth-order valence-electron chi connectivity index (χ4n) is 3.14. The van der Waals surface area contributed by atoms with Crippen molar-refractivity contribution in [3.05, 3.63) is 36.0 Å². The topological polar surface area (TPSA) is 71.3 Å². The van der Waals surface area contributed by atoms with Gasteiger partial charge in [-0.15, -0.1) is 0 Å². The van der Waals surface area contributed by atoms with Gasteiger partial charge >= 0.3 is 5.97 Å². The molecule has 142 valence electrons. The zero-order valence-electron chi connectivity index (χ0n) is 16.2. The van der Waals surface area contributed by atoms with Crippen LogP contribution in [0.25, 0.3) is 10.9 Å². The predicted molar refractivity (Wildman–Crippen MR) is 104 cm³/mol. The molecule has 0 fully saturated rings. The molecule has 0 saturated carbocycles. The first-order valence-corrected chi connectivity index (χ1v) is 9.36. The van der Waals surface area contributed by atoms with Crippen LogP contribution < -0.4 is 5.32 Å². The van der Waals surface area contributed by atoms with Gasteiger partial charge in [-0.3, -0.25) is 4.79 Å². The van der Waals surface area contributed by atoms with Crippen molar-refractivity contribution in [1.29, 1.82) is 0 Å². The highest BCUT2D eigenvalue weighted by Crippen LogP contribution is 2.23.